The van der Waals surface area contributed by atoms with Crippen molar-refractivity contribution in [3.05, 3.63) is 11.5 Å². The van der Waals surface area contributed by atoms with Gasteiger partial charge in [-0.15, -0.1) is 5.48 Å². The number of aliphatic hydroxyl groups excluding tert-OH is 3. The number of aromatic nitrogens is 4. The minimum Gasteiger partial charge on any atom is -0.393 e. The number of carbonyl (C=O) groups is 1. The third-order valence-electron chi connectivity index (χ3n) is 7.10. The number of ether oxygens (including phenoxy) is 2. The SMILES string of the molecule is O=C1NC(CC(CO)(OC[C@H]2O[C@@H](n3ncc4c(NC5CCCC5)nc(Cl)nc43)[C@H](O)[C@@H]2O)P(=O)(O)O)NO1. The van der Waals surface area contributed by atoms with Crippen molar-refractivity contribution in [2.75, 3.05) is 18.5 Å². The van der Waals surface area contributed by atoms with E-state index in [0.29, 0.717) is 11.2 Å². The standard InChI is InChI=1S/C20H29ClN7O10P/c21-18-25-15(23-9-3-1-2-4-9)10-6-22-28(16(10)26-18)17-14(31)13(30)11(37-17)7-36-20(8-29,39(33,34)35)5-12-24-19(32)38-27-12/h6,9,11-14,17,27,29-31H,1-5,7-8H2,(H,24,32)(H,23,25,26)(H2,33,34,35)/t11-,12?,13-,14-,17-,20?/m1/s1. The van der Waals surface area contributed by atoms with Crippen LogP contribution < -0.4 is 16.1 Å². The van der Waals surface area contributed by atoms with E-state index in [2.05, 4.69) is 36.0 Å². The van der Waals surface area contributed by atoms with E-state index in [9.17, 15) is 34.5 Å². The molecule has 17 nitrogen and oxygen atoms in total. The summed E-state index contributed by atoms with van der Waals surface area (Å²) in [5.74, 6) is 0.474. The van der Waals surface area contributed by atoms with Gasteiger partial charge in [-0.3, -0.25) is 4.57 Å². The maximum atomic E-state index is 12.3. The van der Waals surface area contributed by atoms with Gasteiger partial charge in [0.25, 0.3) is 0 Å². The van der Waals surface area contributed by atoms with Gasteiger partial charge < -0.3 is 50.1 Å². The summed E-state index contributed by atoms with van der Waals surface area (Å²) in [6.07, 6.45) is -2.58. The van der Waals surface area contributed by atoms with Crippen LogP contribution in [0.15, 0.2) is 6.20 Å². The topological polar surface area (TPSA) is 243 Å². The van der Waals surface area contributed by atoms with Crippen LogP contribution in [0.3, 0.4) is 0 Å². The molecule has 8 N–H and O–H groups in total. The van der Waals surface area contributed by atoms with Crippen molar-refractivity contribution in [1.82, 2.24) is 30.5 Å². The summed E-state index contributed by atoms with van der Waals surface area (Å²) in [5, 5.41) is 39.2. The van der Waals surface area contributed by atoms with Crippen LogP contribution in [0.4, 0.5) is 10.6 Å². The van der Waals surface area contributed by atoms with Crippen LogP contribution >= 0.6 is 19.2 Å². The number of nitrogens with zero attached hydrogens (tertiary/aromatic N) is 4. The van der Waals surface area contributed by atoms with Crippen molar-refractivity contribution >= 4 is 42.1 Å². The zero-order valence-corrected chi connectivity index (χ0v) is 22.0. The van der Waals surface area contributed by atoms with E-state index in [1.54, 1.807) is 0 Å². The first-order valence-electron chi connectivity index (χ1n) is 12.2. The quantitative estimate of drug-likeness (QED) is 0.125. The number of hydroxylamine groups is 1. The fourth-order valence-electron chi connectivity index (χ4n) is 4.97. The fourth-order valence-corrected chi connectivity index (χ4v) is 5.98. The van der Waals surface area contributed by atoms with Crippen LogP contribution in [0.5, 0.6) is 0 Å². The van der Waals surface area contributed by atoms with E-state index in [4.69, 9.17) is 21.1 Å². The van der Waals surface area contributed by atoms with Crippen molar-refractivity contribution < 1.29 is 48.8 Å². The molecule has 0 bridgehead atoms. The van der Waals surface area contributed by atoms with Crippen molar-refractivity contribution in [2.24, 2.45) is 0 Å². The van der Waals surface area contributed by atoms with Crippen LogP contribution in [0.2, 0.25) is 5.28 Å². The highest BCUT2D eigenvalue weighted by molar-refractivity contribution is 7.53. The molecule has 1 amide bonds. The van der Waals surface area contributed by atoms with Gasteiger partial charge in [0.05, 0.1) is 24.8 Å². The molecule has 2 saturated heterocycles. The smallest absolute Gasteiger partial charge is 0.393 e. The number of carbonyl (C=O) groups excluding carboxylic acids is 1. The Bertz CT molecular complexity index is 1260. The number of aliphatic hydroxyl groups is 3. The lowest BCUT2D eigenvalue weighted by Gasteiger charge is -2.34. The largest absolute Gasteiger partial charge is 0.427 e. The fraction of sp³-hybridized carbons (Fsp3) is 0.700. The predicted molar refractivity (Wildman–Crippen MR) is 131 cm³/mol. The summed E-state index contributed by atoms with van der Waals surface area (Å²) in [6.45, 7) is -1.79. The third kappa shape index (κ3) is 5.56. The van der Waals surface area contributed by atoms with Crippen LogP contribution in [-0.4, -0.2) is 100 Å². The molecule has 39 heavy (non-hydrogen) atoms. The van der Waals surface area contributed by atoms with Gasteiger partial charge in [-0.25, -0.2) is 9.48 Å². The molecular formula is C20H29ClN7O10P. The lowest BCUT2D eigenvalue weighted by atomic mass is 10.1. The van der Waals surface area contributed by atoms with Gasteiger partial charge in [0.15, 0.2) is 17.2 Å². The van der Waals surface area contributed by atoms with Crippen molar-refractivity contribution in [3.63, 3.8) is 0 Å². The second-order valence-electron chi connectivity index (χ2n) is 9.71. The van der Waals surface area contributed by atoms with Crippen molar-refractivity contribution in [1.29, 1.82) is 0 Å². The molecule has 2 unspecified atom stereocenters. The van der Waals surface area contributed by atoms with Gasteiger partial charge in [0.2, 0.25) is 5.28 Å². The highest BCUT2D eigenvalue weighted by atomic mass is 35.5. The Labute approximate surface area is 225 Å². The van der Waals surface area contributed by atoms with E-state index >= 15 is 0 Å². The Hall–Kier alpha value is -2.18. The van der Waals surface area contributed by atoms with Gasteiger partial charge in [0.1, 0.15) is 30.3 Å². The third-order valence-corrected chi connectivity index (χ3v) is 8.79. The highest BCUT2D eigenvalue weighted by Gasteiger charge is 2.53. The first-order valence-corrected chi connectivity index (χ1v) is 14.2. The molecule has 2 aromatic rings. The molecular weight excluding hydrogens is 565 g/mol. The van der Waals surface area contributed by atoms with Gasteiger partial charge in [0, 0.05) is 12.5 Å². The van der Waals surface area contributed by atoms with Crippen molar-refractivity contribution in [2.45, 2.75) is 74.2 Å². The minimum atomic E-state index is -5.17. The molecule has 2 aromatic heterocycles. The minimum absolute atomic E-state index is 0.0661. The summed E-state index contributed by atoms with van der Waals surface area (Å²) in [4.78, 5) is 44.2. The average molecular weight is 594 g/mol. The predicted octanol–water partition coefficient (Wildman–Crippen LogP) is -0.703. The van der Waals surface area contributed by atoms with Gasteiger partial charge >= 0.3 is 13.7 Å². The van der Waals surface area contributed by atoms with Gasteiger partial charge in [-0.1, -0.05) is 12.8 Å². The molecule has 1 saturated carbocycles. The number of anilines is 1. The maximum Gasteiger partial charge on any atom is 0.427 e. The van der Waals surface area contributed by atoms with E-state index in [0.717, 1.165) is 25.7 Å². The summed E-state index contributed by atoms with van der Waals surface area (Å²) in [5.41, 5.74) is 2.46. The first-order chi connectivity index (χ1) is 18.5. The number of halogens is 1. The number of hydrogen-bond acceptors (Lipinski definition) is 13. The Kier molecular flexibility index (Phi) is 8.00. The molecule has 0 radical (unpaired) electrons. The van der Waals surface area contributed by atoms with E-state index in [1.807, 2.05) is 0 Å². The number of hydrogen-bond donors (Lipinski definition) is 8. The molecule has 0 aromatic carbocycles. The molecule has 216 valence electrons. The number of amides is 1. The zero-order chi connectivity index (χ0) is 27.9. The van der Waals surface area contributed by atoms with Gasteiger partial charge in [-0.05, 0) is 24.4 Å². The first kappa shape index (κ1) is 28.4. The molecule has 3 fully saturated rings. The molecule has 5 rings (SSSR count). The molecule has 19 heteroatoms. The second-order valence-corrected chi connectivity index (χ2v) is 11.9. The highest BCUT2D eigenvalue weighted by Crippen LogP contribution is 2.54. The molecule has 4 heterocycles. The van der Waals surface area contributed by atoms with Crippen LogP contribution in [0.1, 0.15) is 38.3 Å². The van der Waals surface area contributed by atoms with Crippen LogP contribution in [-0.2, 0) is 18.9 Å². The maximum absolute atomic E-state index is 12.3. The summed E-state index contributed by atoms with van der Waals surface area (Å²) in [7, 11) is -5.17. The number of nitrogens with one attached hydrogen (secondary N) is 3. The number of fused-ring (bicyclic) bond motifs is 1. The van der Waals surface area contributed by atoms with E-state index in [1.165, 1.54) is 10.9 Å². The summed E-state index contributed by atoms with van der Waals surface area (Å²) < 4.78 is 24.8. The summed E-state index contributed by atoms with van der Waals surface area (Å²) >= 11 is 6.16. The lowest BCUT2D eigenvalue weighted by Crippen LogP contribution is -2.48. The Morgan fingerprint density at radius 3 is 2.64 bits per heavy atom. The number of rotatable bonds is 10. The average Bonchev–Trinajstić information content (AvgIpc) is 3.67. The lowest BCUT2D eigenvalue weighted by molar-refractivity contribution is -0.115. The van der Waals surface area contributed by atoms with Gasteiger partial charge in [-0.2, -0.15) is 15.1 Å². The van der Waals surface area contributed by atoms with E-state index in [-0.39, 0.29) is 17.0 Å². The molecule has 6 atom stereocenters. The van der Waals surface area contributed by atoms with E-state index < -0.39 is 69.4 Å². The zero-order valence-electron chi connectivity index (χ0n) is 20.4. The molecule has 0 spiro atoms. The normalized spacial score (nSPS) is 29.5. The Balaban J connectivity index is 1.34. The Morgan fingerprint density at radius 1 is 1.26 bits per heavy atom. The second kappa shape index (κ2) is 11.0. The van der Waals surface area contributed by atoms with Crippen LogP contribution in [0.25, 0.3) is 11.0 Å². The molecule has 2 aliphatic heterocycles. The summed E-state index contributed by atoms with van der Waals surface area (Å²) in [6, 6.07) is 0.222. The van der Waals surface area contributed by atoms with Crippen molar-refractivity contribution in [3.8, 4) is 0 Å². The monoisotopic (exact) mass is 593 g/mol. The Morgan fingerprint density at radius 2 is 2.00 bits per heavy atom. The van der Waals surface area contributed by atoms with Crippen LogP contribution in [0, 0.1) is 0 Å². The molecule has 1 aliphatic carbocycles. The molecule has 3 aliphatic rings.